The number of nitrogens with zero attached hydrogens (tertiary/aromatic N) is 2. The Labute approximate surface area is 199 Å². The summed E-state index contributed by atoms with van der Waals surface area (Å²) in [5, 5.41) is 8.52. The fraction of sp³-hybridized carbons (Fsp3) is 0.440. The summed E-state index contributed by atoms with van der Waals surface area (Å²) < 4.78 is 36.8. The molecule has 2 aromatic rings. The minimum atomic E-state index is -0.709. The van der Waals surface area contributed by atoms with Crippen molar-refractivity contribution in [1.82, 2.24) is 4.90 Å². The Morgan fingerprint density at radius 2 is 1.74 bits per heavy atom. The molecule has 0 atom stereocenters. The summed E-state index contributed by atoms with van der Waals surface area (Å²) in [6.45, 7) is 3.91. The average molecular weight is 474 g/mol. The van der Waals surface area contributed by atoms with E-state index >= 15 is 4.39 Å². The van der Waals surface area contributed by atoms with Gasteiger partial charge in [0, 0.05) is 38.9 Å². The minimum absolute atomic E-state index is 0.0589. The predicted octanol–water partition coefficient (Wildman–Crippen LogP) is 3.82. The molecule has 3 rings (SSSR count). The monoisotopic (exact) mass is 473 g/mol. The fourth-order valence-electron chi connectivity index (χ4n) is 4.10. The first-order valence-electron chi connectivity index (χ1n) is 10.8. The standard InChI is InChI=1S/C25H32FN3O5/c1-25(2,34-8)16-9-14(10-17(28(3)4)22(16)32-6)18(30)13-29-12-15-11-19(31-5)23(33-7)21(26)20(15)24(29)27/h9-11,27H,12-13H2,1-8H3. The van der Waals surface area contributed by atoms with E-state index in [0.717, 1.165) is 11.3 Å². The van der Waals surface area contributed by atoms with E-state index in [9.17, 15) is 4.79 Å². The number of Topliss-reactive ketones (excluding diaryl/α,β-unsaturated/α-hetero) is 1. The number of benzene rings is 2. The van der Waals surface area contributed by atoms with Crippen LogP contribution >= 0.6 is 0 Å². The Hall–Kier alpha value is -3.33. The van der Waals surface area contributed by atoms with Crippen molar-refractivity contribution in [2.75, 3.05) is 54.0 Å². The maximum atomic E-state index is 15.1. The molecule has 1 N–H and O–H groups in total. The lowest BCUT2D eigenvalue weighted by atomic mass is 9.92. The van der Waals surface area contributed by atoms with E-state index in [1.165, 1.54) is 19.1 Å². The number of carbonyl (C=O) groups is 1. The molecule has 0 saturated heterocycles. The zero-order chi connectivity index (χ0) is 25.4. The highest BCUT2D eigenvalue weighted by atomic mass is 19.1. The van der Waals surface area contributed by atoms with E-state index in [0.29, 0.717) is 16.9 Å². The molecule has 0 aliphatic carbocycles. The first-order chi connectivity index (χ1) is 16.0. The fourth-order valence-corrected chi connectivity index (χ4v) is 4.10. The molecular formula is C25H32FN3O5. The van der Waals surface area contributed by atoms with Crippen molar-refractivity contribution in [3.8, 4) is 17.2 Å². The molecule has 9 heteroatoms. The van der Waals surface area contributed by atoms with Gasteiger partial charge in [0.2, 0.25) is 0 Å². The lowest BCUT2D eigenvalue weighted by molar-refractivity contribution is 0.0173. The van der Waals surface area contributed by atoms with Crippen molar-refractivity contribution >= 4 is 17.3 Å². The van der Waals surface area contributed by atoms with Gasteiger partial charge in [0.05, 0.1) is 44.7 Å². The molecule has 0 aromatic heterocycles. The van der Waals surface area contributed by atoms with Crippen LogP contribution in [0.4, 0.5) is 10.1 Å². The van der Waals surface area contributed by atoms with Gasteiger partial charge in [-0.05, 0) is 37.6 Å². The molecule has 0 radical (unpaired) electrons. The number of nitrogens with one attached hydrogen (secondary N) is 1. The van der Waals surface area contributed by atoms with Crippen LogP contribution in [0.25, 0.3) is 0 Å². The summed E-state index contributed by atoms with van der Waals surface area (Å²) in [4.78, 5) is 16.8. The first kappa shape index (κ1) is 25.3. The molecule has 1 heterocycles. The van der Waals surface area contributed by atoms with Crippen LogP contribution < -0.4 is 19.1 Å². The summed E-state index contributed by atoms with van der Waals surface area (Å²) in [7, 11) is 9.69. The van der Waals surface area contributed by atoms with Crippen molar-refractivity contribution < 1.29 is 28.1 Å². The highest BCUT2D eigenvalue weighted by Gasteiger charge is 2.34. The maximum absolute atomic E-state index is 15.1. The third kappa shape index (κ3) is 4.27. The van der Waals surface area contributed by atoms with Gasteiger partial charge in [0.1, 0.15) is 11.6 Å². The van der Waals surface area contributed by atoms with Gasteiger partial charge in [-0.1, -0.05) is 0 Å². The van der Waals surface area contributed by atoms with Crippen LogP contribution in [0.1, 0.15) is 40.9 Å². The second kappa shape index (κ2) is 9.50. The Bertz CT molecular complexity index is 1130. The van der Waals surface area contributed by atoms with Gasteiger partial charge < -0.3 is 28.7 Å². The molecule has 2 aromatic carbocycles. The van der Waals surface area contributed by atoms with Crippen molar-refractivity contribution in [3.63, 3.8) is 0 Å². The Morgan fingerprint density at radius 3 is 2.26 bits per heavy atom. The van der Waals surface area contributed by atoms with Crippen LogP contribution in [0.2, 0.25) is 0 Å². The van der Waals surface area contributed by atoms with Gasteiger partial charge in [-0.25, -0.2) is 4.39 Å². The van der Waals surface area contributed by atoms with Crippen LogP contribution in [0, 0.1) is 11.2 Å². The van der Waals surface area contributed by atoms with Gasteiger partial charge in [0.15, 0.2) is 23.1 Å². The number of halogens is 1. The third-order valence-electron chi connectivity index (χ3n) is 6.18. The minimum Gasteiger partial charge on any atom is -0.494 e. The quantitative estimate of drug-likeness (QED) is 0.554. The topological polar surface area (TPSA) is 84.3 Å². The number of ether oxygens (including phenoxy) is 4. The zero-order valence-electron chi connectivity index (χ0n) is 21.0. The first-order valence-corrected chi connectivity index (χ1v) is 10.8. The number of hydrogen-bond acceptors (Lipinski definition) is 7. The molecule has 0 bridgehead atoms. The van der Waals surface area contributed by atoms with E-state index in [1.54, 1.807) is 32.4 Å². The van der Waals surface area contributed by atoms with Crippen LogP contribution in [0.5, 0.6) is 17.2 Å². The maximum Gasteiger partial charge on any atom is 0.197 e. The number of fused-ring (bicyclic) bond motifs is 1. The average Bonchev–Trinajstić information content (AvgIpc) is 3.12. The van der Waals surface area contributed by atoms with E-state index in [1.807, 2.05) is 32.8 Å². The summed E-state index contributed by atoms with van der Waals surface area (Å²) in [6, 6.07) is 5.17. The number of ketones is 1. The number of amidine groups is 1. The van der Waals surface area contributed by atoms with E-state index in [2.05, 4.69) is 0 Å². The Kier molecular flexibility index (Phi) is 7.07. The van der Waals surface area contributed by atoms with Crippen molar-refractivity contribution in [2.45, 2.75) is 26.0 Å². The van der Waals surface area contributed by atoms with Gasteiger partial charge in [0.25, 0.3) is 0 Å². The number of hydrogen-bond donors (Lipinski definition) is 1. The molecule has 0 spiro atoms. The lowest BCUT2D eigenvalue weighted by Crippen LogP contribution is -2.31. The predicted molar refractivity (Wildman–Crippen MR) is 128 cm³/mol. The van der Waals surface area contributed by atoms with E-state index in [-0.39, 0.29) is 41.8 Å². The van der Waals surface area contributed by atoms with Gasteiger partial charge in [-0.15, -0.1) is 0 Å². The largest absolute Gasteiger partial charge is 0.494 e. The van der Waals surface area contributed by atoms with Gasteiger partial charge >= 0.3 is 0 Å². The number of rotatable bonds is 9. The summed E-state index contributed by atoms with van der Waals surface area (Å²) in [6.07, 6.45) is 0. The highest BCUT2D eigenvalue weighted by Crippen LogP contribution is 2.41. The van der Waals surface area contributed by atoms with Crippen LogP contribution in [-0.2, 0) is 16.9 Å². The Morgan fingerprint density at radius 1 is 1.09 bits per heavy atom. The molecule has 8 nitrogen and oxygen atoms in total. The normalized spacial score (nSPS) is 13.1. The second-order valence-corrected chi connectivity index (χ2v) is 8.77. The van der Waals surface area contributed by atoms with Crippen LogP contribution in [0.15, 0.2) is 18.2 Å². The molecule has 1 aliphatic heterocycles. The van der Waals surface area contributed by atoms with E-state index in [4.69, 9.17) is 24.4 Å². The summed E-state index contributed by atoms with van der Waals surface area (Å²) in [5.41, 5.74) is 1.89. The summed E-state index contributed by atoms with van der Waals surface area (Å²) >= 11 is 0. The number of carbonyl (C=O) groups excluding carboxylic acids is 1. The number of methoxy groups -OCH3 is 4. The van der Waals surface area contributed by atoms with Gasteiger partial charge in [-0.2, -0.15) is 0 Å². The SMILES string of the molecule is COc1cc2c(c(F)c1OC)C(=N)N(CC(=O)c1cc(N(C)C)c(OC)c(C(C)(C)OC)c1)C2. The molecule has 0 amide bonds. The molecule has 1 aliphatic rings. The molecule has 184 valence electrons. The smallest absolute Gasteiger partial charge is 0.197 e. The molecule has 0 fully saturated rings. The molecular weight excluding hydrogens is 441 g/mol. The van der Waals surface area contributed by atoms with Crippen LogP contribution in [-0.4, -0.2) is 65.6 Å². The van der Waals surface area contributed by atoms with E-state index < -0.39 is 11.4 Å². The third-order valence-corrected chi connectivity index (χ3v) is 6.18. The van der Waals surface area contributed by atoms with Crippen molar-refractivity contribution in [2.24, 2.45) is 0 Å². The molecule has 0 unspecified atom stereocenters. The molecule has 0 saturated carbocycles. The van der Waals surface area contributed by atoms with Crippen molar-refractivity contribution in [1.29, 1.82) is 5.41 Å². The number of anilines is 1. The highest BCUT2D eigenvalue weighted by molar-refractivity contribution is 6.06. The van der Waals surface area contributed by atoms with Crippen LogP contribution in [0.3, 0.4) is 0 Å². The zero-order valence-corrected chi connectivity index (χ0v) is 21.0. The lowest BCUT2D eigenvalue weighted by Gasteiger charge is -2.29. The summed E-state index contributed by atoms with van der Waals surface area (Å²) in [5.74, 6) is -0.138. The Balaban J connectivity index is 1.98. The second-order valence-electron chi connectivity index (χ2n) is 8.77. The van der Waals surface area contributed by atoms with Gasteiger partial charge in [-0.3, -0.25) is 10.2 Å². The van der Waals surface area contributed by atoms with Crippen molar-refractivity contribution in [3.05, 3.63) is 46.3 Å². The molecule has 34 heavy (non-hydrogen) atoms.